The third-order valence-corrected chi connectivity index (χ3v) is 4.33. The molecular formula is C20H21N3O4. The summed E-state index contributed by atoms with van der Waals surface area (Å²) in [5, 5.41) is 4.01. The SMILES string of the molecule is COc1ccc(Nc2c(C(N)=O)cnc3cc(OC)c(OC)cc23)c(C)c1. The standard InChI is InChI=1S/C20H21N3O4/c1-11-7-12(25-2)5-6-15(11)23-19-13-8-17(26-3)18(27-4)9-16(13)22-10-14(19)20(21)24/h5-10H,1-4H3,(H2,21,24)(H,22,23). The monoisotopic (exact) mass is 367 g/mol. The molecule has 0 spiro atoms. The van der Waals surface area contributed by atoms with Gasteiger partial charge < -0.3 is 25.3 Å². The van der Waals surface area contributed by atoms with E-state index in [1.165, 1.54) is 6.20 Å². The van der Waals surface area contributed by atoms with Crippen LogP contribution in [-0.4, -0.2) is 32.2 Å². The molecule has 1 heterocycles. The van der Waals surface area contributed by atoms with E-state index >= 15 is 0 Å². The quantitative estimate of drug-likeness (QED) is 0.693. The van der Waals surface area contributed by atoms with Crippen molar-refractivity contribution in [1.29, 1.82) is 0 Å². The highest BCUT2D eigenvalue weighted by molar-refractivity contribution is 6.08. The fraction of sp³-hybridized carbons (Fsp3) is 0.200. The molecule has 0 saturated heterocycles. The lowest BCUT2D eigenvalue weighted by molar-refractivity contribution is 0.100. The molecule has 7 nitrogen and oxygen atoms in total. The van der Waals surface area contributed by atoms with Crippen LogP contribution in [0.3, 0.4) is 0 Å². The number of nitrogens with zero attached hydrogens (tertiary/aromatic N) is 1. The van der Waals surface area contributed by atoms with Gasteiger partial charge in [-0.1, -0.05) is 0 Å². The minimum absolute atomic E-state index is 0.282. The van der Waals surface area contributed by atoms with Crippen LogP contribution in [0.4, 0.5) is 11.4 Å². The molecule has 1 aromatic heterocycles. The Morgan fingerprint density at radius 2 is 1.74 bits per heavy atom. The molecule has 3 rings (SSSR count). The molecule has 3 aromatic rings. The number of carbonyl (C=O) groups is 1. The molecule has 0 aliphatic heterocycles. The largest absolute Gasteiger partial charge is 0.497 e. The van der Waals surface area contributed by atoms with E-state index in [9.17, 15) is 4.79 Å². The number of aryl methyl sites for hydroxylation is 1. The molecule has 7 heteroatoms. The van der Waals surface area contributed by atoms with Gasteiger partial charge in [0.1, 0.15) is 5.75 Å². The third kappa shape index (κ3) is 3.44. The predicted molar refractivity (Wildman–Crippen MR) is 104 cm³/mol. The number of ether oxygens (including phenoxy) is 3. The van der Waals surface area contributed by atoms with Crippen LogP contribution in [0.2, 0.25) is 0 Å². The molecule has 0 unspecified atom stereocenters. The lowest BCUT2D eigenvalue weighted by Crippen LogP contribution is -2.14. The second-order valence-corrected chi connectivity index (χ2v) is 5.94. The second kappa shape index (κ2) is 7.41. The van der Waals surface area contributed by atoms with Crippen LogP contribution in [0.5, 0.6) is 17.2 Å². The number of rotatable bonds is 6. The number of benzene rings is 2. The molecule has 0 atom stereocenters. The van der Waals surface area contributed by atoms with Crippen LogP contribution >= 0.6 is 0 Å². The van der Waals surface area contributed by atoms with Crippen molar-refractivity contribution in [2.45, 2.75) is 6.92 Å². The number of carbonyl (C=O) groups excluding carboxylic acids is 1. The van der Waals surface area contributed by atoms with Crippen LogP contribution in [0.1, 0.15) is 15.9 Å². The Labute approximate surface area is 157 Å². The molecular weight excluding hydrogens is 346 g/mol. The third-order valence-electron chi connectivity index (χ3n) is 4.33. The van der Waals surface area contributed by atoms with E-state index in [4.69, 9.17) is 19.9 Å². The molecule has 140 valence electrons. The number of anilines is 2. The molecule has 0 aliphatic rings. The number of aromatic nitrogens is 1. The van der Waals surface area contributed by atoms with Gasteiger partial charge in [-0.2, -0.15) is 0 Å². The Balaban J connectivity index is 2.22. The van der Waals surface area contributed by atoms with Gasteiger partial charge in [-0.3, -0.25) is 9.78 Å². The number of fused-ring (bicyclic) bond motifs is 1. The summed E-state index contributed by atoms with van der Waals surface area (Å²) in [5.41, 5.74) is 8.83. The minimum atomic E-state index is -0.576. The Morgan fingerprint density at radius 1 is 1.04 bits per heavy atom. The van der Waals surface area contributed by atoms with Gasteiger partial charge >= 0.3 is 0 Å². The minimum Gasteiger partial charge on any atom is -0.497 e. The van der Waals surface area contributed by atoms with Crippen molar-refractivity contribution in [1.82, 2.24) is 4.98 Å². The van der Waals surface area contributed by atoms with Crippen LogP contribution in [0.25, 0.3) is 10.9 Å². The lowest BCUT2D eigenvalue weighted by Gasteiger charge is -2.17. The molecule has 3 N–H and O–H groups in total. The highest BCUT2D eigenvalue weighted by Gasteiger charge is 2.17. The van der Waals surface area contributed by atoms with Crippen molar-refractivity contribution < 1.29 is 19.0 Å². The Hall–Kier alpha value is -3.48. The van der Waals surface area contributed by atoms with Crippen molar-refractivity contribution in [2.24, 2.45) is 5.73 Å². The van der Waals surface area contributed by atoms with E-state index < -0.39 is 5.91 Å². The highest BCUT2D eigenvalue weighted by atomic mass is 16.5. The van der Waals surface area contributed by atoms with Crippen LogP contribution in [-0.2, 0) is 0 Å². The van der Waals surface area contributed by atoms with Gasteiger partial charge in [-0.15, -0.1) is 0 Å². The highest BCUT2D eigenvalue weighted by Crippen LogP contribution is 2.37. The number of hydrogen-bond acceptors (Lipinski definition) is 6. The maximum absolute atomic E-state index is 12.0. The zero-order valence-corrected chi connectivity index (χ0v) is 15.6. The molecule has 0 fully saturated rings. The van der Waals surface area contributed by atoms with Gasteiger partial charge in [-0.05, 0) is 36.8 Å². The average molecular weight is 367 g/mol. The van der Waals surface area contributed by atoms with Crippen molar-refractivity contribution >= 4 is 28.2 Å². The maximum atomic E-state index is 12.0. The van der Waals surface area contributed by atoms with Crippen molar-refractivity contribution in [3.63, 3.8) is 0 Å². The smallest absolute Gasteiger partial charge is 0.252 e. The molecule has 0 radical (unpaired) electrons. The predicted octanol–water partition coefficient (Wildman–Crippen LogP) is 3.41. The first-order chi connectivity index (χ1) is 13.0. The summed E-state index contributed by atoms with van der Waals surface area (Å²) in [6.45, 7) is 1.95. The summed E-state index contributed by atoms with van der Waals surface area (Å²) in [6.07, 6.45) is 1.46. The van der Waals surface area contributed by atoms with Crippen LogP contribution in [0.15, 0.2) is 36.5 Å². The van der Waals surface area contributed by atoms with Gasteiger partial charge in [-0.25, -0.2) is 0 Å². The molecule has 0 saturated carbocycles. The fourth-order valence-corrected chi connectivity index (χ4v) is 2.88. The molecule has 1 amide bonds. The number of amides is 1. The number of nitrogens with one attached hydrogen (secondary N) is 1. The van der Waals surface area contributed by atoms with E-state index in [-0.39, 0.29) is 5.56 Å². The number of primary amides is 1. The average Bonchev–Trinajstić information content (AvgIpc) is 2.68. The number of hydrogen-bond donors (Lipinski definition) is 2. The summed E-state index contributed by atoms with van der Waals surface area (Å²) < 4.78 is 16.0. The Bertz CT molecular complexity index is 1020. The second-order valence-electron chi connectivity index (χ2n) is 5.94. The molecule has 2 aromatic carbocycles. The number of pyridine rings is 1. The summed E-state index contributed by atoms with van der Waals surface area (Å²) in [5.74, 6) is 1.26. The number of nitrogens with two attached hydrogens (primary N) is 1. The van der Waals surface area contributed by atoms with Crippen LogP contribution < -0.4 is 25.3 Å². The van der Waals surface area contributed by atoms with E-state index in [1.807, 2.05) is 25.1 Å². The lowest BCUT2D eigenvalue weighted by atomic mass is 10.1. The van der Waals surface area contributed by atoms with E-state index in [0.29, 0.717) is 28.1 Å². The summed E-state index contributed by atoms with van der Waals surface area (Å²) in [7, 11) is 4.72. The zero-order valence-electron chi connectivity index (χ0n) is 15.6. The van der Waals surface area contributed by atoms with Gasteiger partial charge in [0, 0.05) is 23.3 Å². The zero-order chi connectivity index (χ0) is 19.6. The fourth-order valence-electron chi connectivity index (χ4n) is 2.88. The van der Waals surface area contributed by atoms with E-state index in [1.54, 1.807) is 33.5 Å². The summed E-state index contributed by atoms with van der Waals surface area (Å²) in [6, 6.07) is 9.15. The van der Waals surface area contributed by atoms with Gasteiger partial charge in [0.2, 0.25) is 0 Å². The molecule has 0 aliphatic carbocycles. The maximum Gasteiger partial charge on any atom is 0.252 e. The molecule has 27 heavy (non-hydrogen) atoms. The van der Waals surface area contributed by atoms with E-state index in [2.05, 4.69) is 10.3 Å². The van der Waals surface area contributed by atoms with E-state index in [0.717, 1.165) is 17.0 Å². The topological polar surface area (TPSA) is 95.7 Å². The molecule has 0 bridgehead atoms. The normalized spacial score (nSPS) is 10.5. The van der Waals surface area contributed by atoms with Crippen molar-refractivity contribution in [3.05, 3.63) is 47.7 Å². The summed E-state index contributed by atoms with van der Waals surface area (Å²) >= 11 is 0. The van der Waals surface area contributed by atoms with Gasteiger partial charge in [0.15, 0.2) is 11.5 Å². The van der Waals surface area contributed by atoms with Crippen molar-refractivity contribution in [2.75, 3.05) is 26.6 Å². The number of methoxy groups -OCH3 is 3. The van der Waals surface area contributed by atoms with Crippen molar-refractivity contribution in [3.8, 4) is 17.2 Å². The van der Waals surface area contributed by atoms with Gasteiger partial charge in [0.05, 0.1) is 38.1 Å². The summed E-state index contributed by atoms with van der Waals surface area (Å²) in [4.78, 5) is 16.3. The Kier molecular flexibility index (Phi) is 5.03. The first kappa shape index (κ1) is 18.3. The van der Waals surface area contributed by atoms with Crippen LogP contribution in [0, 0.1) is 6.92 Å². The Morgan fingerprint density at radius 3 is 2.33 bits per heavy atom. The van der Waals surface area contributed by atoms with Gasteiger partial charge in [0.25, 0.3) is 5.91 Å². The first-order valence-corrected chi connectivity index (χ1v) is 8.24. The first-order valence-electron chi connectivity index (χ1n) is 8.24.